The first kappa shape index (κ1) is 16.2. The highest BCUT2D eigenvalue weighted by Crippen LogP contribution is 2.23. The predicted molar refractivity (Wildman–Crippen MR) is 86.3 cm³/mol. The molecule has 2 aromatic carbocycles. The average Bonchev–Trinajstić information content (AvgIpc) is 2.58. The van der Waals surface area contributed by atoms with Gasteiger partial charge in [0.05, 0.1) is 0 Å². The molecule has 1 unspecified atom stereocenters. The van der Waals surface area contributed by atoms with Gasteiger partial charge >= 0.3 is 11.4 Å². The molecular formula is C17H16O4S. The van der Waals surface area contributed by atoms with Gasteiger partial charge in [-0.1, -0.05) is 48.4 Å². The molecule has 0 heterocycles. The minimum atomic E-state index is -1.83. The van der Waals surface area contributed by atoms with Crippen LogP contribution in [0.25, 0.3) is 11.1 Å². The first-order valence-corrected chi connectivity index (χ1v) is 7.69. The van der Waals surface area contributed by atoms with Crippen LogP contribution in [0.4, 0.5) is 0 Å². The SMILES string of the molecule is C#CCOS(=O)OCCOc1cccc(-c2ccccc2)c1. The summed E-state index contributed by atoms with van der Waals surface area (Å²) < 4.78 is 26.3. The van der Waals surface area contributed by atoms with Crippen LogP contribution in [0.1, 0.15) is 0 Å². The van der Waals surface area contributed by atoms with Crippen LogP contribution in [0, 0.1) is 12.3 Å². The van der Waals surface area contributed by atoms with Gasteiger partial charge in [0.25, 0.3) is 0 Å². The zero-order chi connectivity index (χ0) is 15.6. The van der Waals surface area contributed by atoms with E-state index in [2.05, 4.69) is 10.1 Å². The van der Waals surface area contributed by atoms with Crippen LogP contribution in [-0.2, 0) is 19.7 Å². The molecule has 0 saturated carbocycles. The molecule has 22 heavy (non-hydrogen) atoms. The monoisotopic (exact) mass is 316 g/mol. The molecule has 2 aromatic rings. The maximum atomic E-state index is 11.2. The minimum absolute atomic E-state index is 0.0490. The van der Waals surface area contributed by atoms with Gasteiger partial charge < -0.3 is 4.74 Å². The highest BCUT2D eigenvalue weighted by molar-refractivity contribution is 7.75. The quantitative estimate of drug-likeness (QED) is 0.555. The van der Waals surface area contributed by atoms with E-state index in [0.29, 0.717) is 0 Å². The molecule has 0 radical (unpaired) electrons. The van der Waals surface area contributed by atoms with E-state index in [4.69, 9.17) is 15.3 Å². The minimum Gasteiger partial charge on any atom is -0.491 e. The van der Waals surface area contributed by atoms with Gasteiger partial charge in [-0.05, 0) is 23.3 Å². The first-order valence-electron chi connectivity index (χ1n) is 6.69. The molecule has 0 amide bonds. The Morgan fingerprint density at radius 1 is 0.955 bits per heavy atom. The summed E-state index contributed by atoms with van der Waals surface area (Å²) >= 11 is -1.83. The summed E-state index contributed by atoms with van der Waals surface area (Å²) in [7, 11) is 0. The molecule has 0 saturated heterocycles. The Morgan fingerprint density at radius 2 is 1.73 bits per heavy atom. The molecule has 5 heteroatoms. The molecule has 0 aromatic heterocycles. The molecule has 0 spiro atoms. The number of hydrogen-bond acceptors (Lipinski definition) is 4. The number of ether oxygens (including phenoxy) is 1. The molecular weight excluding hydrogens is 300 g/mol. The third-order valence-electron chi connectivity index (χ3n) is 2.71. The van der Waals surface area contributed by atoms with E-state index in [0.717, 1.165) is 16.9 Å². The van der Waals surface area contributed by atoms with Gasteiger partial charge in [0.1, 0.15) is 25.6 Å². The Bertz CT molecular complexity index is 649. The number of benzene rings is 2. The van der Waals surface area contributed by atoms with E-state index >= 15 is 0 Å². The van der Waals surface area contributed by atoms with Crippen molar-refractivity contribution < 1.29 is 17.3 Å². The van der Waals surface area contributed by atoms with Crippen LogP contribution in [0.3, 0.4) is 0 Å². The third-order valence-corrected chi connectivity index (χ3v) is 3.38. The lowest BCUT2D eigenvalue weighted by Crippen LogP contribution is -2.10. The normalized spacial score (nSPS) is 11.6. The first-order chi connectivity index (χ1) is 10.8. The second kappa shape index (κ2) is 9.00. The fourth-order valence-electron chi connectivity index (χ4n) is 1.77. The van der Waals surface area contributed by atoms with Crippen molar-refractivity contribution in [1.29, 1.82) is 0 Å². The highest BCUT2D eigenvalue weighted by Gasteiger charge is 2.02. The Balaban J connectivity index is 1.82. The summed E-state index contributed by atoms with van der Waals surface area (Å²) in [5.74, 6) is 2.93. The lowest BCUT2D eigenvalue weighted by atomic mass is 10.1. The second-order valence-corrected chi connectivity index (χ2v) is 5.11. The van der Waals surface area contributed by atoms with Crippen LogP contribution in [0.5, 0.6) is 5.75 Å². The highest BCUT2D eigenvalue weighted by atomic mass is 32.2. The van der Waals surface area contributed by atoms with Crippen LogP contribution >= 0.6 is 0 Å². The van der Waals surface area contributed by atoms with Gasteiger partial charge in [0.2, 0.25) is 0 Å². The Labute approximate surface area is 132 Å². The van der Waals surface area contributed by atoms with Gasteiger partial charge in [-0.3, -0.25) is 8.37 Å². The van der Waals surface area contributed by atoms with Crippen molar-refractivity contribution in [3.63, 3.8) is 0 Å². The average molecular weight is 316 g/mol. The fourth-order valence-corrected chi connectivity index (χ4v) is 2.21. The summed E-state index contributed by atoms with van der Waals surface area (Å²) in [6.07, 6.45) is 4.98. The predicted octanol–water partition coefficient (Wildman–Crippen LogP) is 2.98. The van der Waals surface area contributed by atoms with Crippen molar-refractivity contribution in [3.05, 3.63) is 54.6 Å². The standard InChI is InChI=1S/C17H16O4S/c1-2-11-20-22(18)21-13-12-19-17-10-6-9-16(14-17)15-7-4-3-5-8-15/h1,3-10,14H,11-13H2. The Kier molecular flexibility index (Phi) is 6.65. The number of hydrogen-bond donors (Lipinski definition) is 0. The van der Waals surface area contributed by atoms with Gasteiger partial charge in [0.15, 0.2) is 0 Å². The van der Waals surface area contributed by atoms with Crippen LogP contribution in [0.2, 0.25) is 0 Å². The van der Waals surface area contributed by atoms with E-state index < -0.39 is 11.4 Å². The Hall–Kier alpha value is -2.13. The van der Waals surface area contributed by atoms with Crippen molar-refractivity contribution in [2.75, 3.05) is 19.8 Å². The van der Waals surface area contributed by atoms with E-state index in [9.17, 15) is 4.21 Å². The molecule has 1 atom stereocenters. The van der Waals surface area contributed by atoms with Crippen molar-refractivity contribution in [3.8, 4) is 29.2 Å². The molecule has 0 N–H and O–H groups in total. The lowest BCUT2D eigenvalue weighted by Gasteiger charge is -2.08. The van der Waals surface area contributed by atoms with Crippen LogP contribution in [-0.4, -0.2) is 24.0 Å². The summed E-state index contributed by atoms with van der Waals surface area (Å²) in [6.45, 7) is 0.364. The third kappa shape index (κ3) is 5.34. The molecule has 0 aliphatic carbocycles. The van der Waals surface area contributed by atoms with Crippen LogP contribution < -0.4 is 4.74 Å². The smallest absolute Gasteiger partial charge is 0.305 e. The number of rotatable bonds is 8. The van der Waals surface area contributed by atoms with Crippen LogP contribution in [0.15, 0.2) is 54.6 Å². The largest absolute Gasteiger partial charge is 0.491 e. The molecule has 0 aliphatic heterocycles. The topological polar surface area (TPSA) is 44.8 Å². The second-order valence-electron chi connectivity index (χ2n) is 4.23. The maximum Gasteiger partial charge on any atom is 0.305 e. The van der Waals surface area contributed by atoms with Gasteiger partial charge in [-0.25, -0.2) is 0 Å². The zero-order valence-electron chi connectivity index (χ0n) is 11.9. The van der Waals surface area contributed by atoms with E-state index in [-0.39, 0.29) is 19.8 Å². The lowest BCUT2D eigenvalue weighted by molar-refractivity contribution is 0.206. The molecule has 0 fully saturated rings. The van der Waals surface area contributed by atoms with Gasteiger partial charge in [-0.2, -0.15) is 4.21 Å². The summed E-state index contributed by atoms with van der Waals surface area (Å²) in [4.78, 5) is 0. The van der Waals surface area contributed by atoms with Crippen molar-refractivity contribution in [1.82, 2.24) is 0 Å². The van der Waals surface area contributed by atoms with E-state index in [1.54, 1.807) is 0 Å². The molecule has 0 aliphatic rings. The van der Waals surface area contributed by atoms with Gasteiger partial charge in [-0.15, -0.1) is 6.42 Å². The van der Waals surface area contributed by atoms with Crippen molar-refractivity contribution >= 4 is 11.4 Å². The van der Waals surface area contributed by atoms with Crippen molar-refractivity contribution in [2.24, 2.45) is 0 Å². The van der Waals surface area contributed by atoms with Gasteiger partial charge in [0, 0.05) is 0 Å². The Morgan fingerprint density at radius 3 is 2.50 bits per heavy atom. The summed E-state index contributed by atoms with van der Waals surface area (Å²) in [5.41, 5.74) is 2.19. The fraction of sp³-hybridized carbons (Fsp3) is 0.176. The molecule has 4 nitrogen and oxygen atoms in total. The molecule has 2 rings (SSSR count). The number of terminal acetylenes is 1. The summed E-state index contributed by atoms with van der Waals surface area (Å²) in [6, 6.07) is 17.8. The maximum absolute atomic E-state index is 11.2. The molecule has 0 bridgehead atoms. The molecule has 114 valence electrons. The van der Waals surface area contributed by atoms with Crippen molar-refractivity contribution in [2.45, 2.75) is 0 Å². The van der Waals surface area contributed by atoms with E-state index in [1.807, 2.05) is 54.6 Å². The zero-order valence-corrected chi connectivity index (χ0v) is 12.8. The van der Waals surface area contributed by atoms with E-state index in [1.165, 1.54) is 0 Å². The summed E-state index contributed by atoms with van der Waals surface area (Å²) in [5, 5.41) is 0.